The average Bonchev–Trinajstić information content (AvgIpc) is 4.15. The Bertz CT molecular complexity index is 2430. The number of carbonyl (C=O) groups excluding carboxylic acids is 8. The summed E-state index contributed by atoms with van der Waals surface area (Å²) in [5, 5.41) is -0.205. The lowest BCUT2D eigenvalue weighted by Crippen LogP contribution is -2.60. The third kappa shape index (κ3) is 15.4. The Balaban J connectivity index is 0.973. The fraction of sp³-hybridized carbons (Fsp3) is 0.667. The number of carbonyl (C=O) groups is 8. The van der Waals surface area contributed by atoms with Crippen LogP contribution in [0.3, 0.4) is 0 Å². The normalized spacial score (nSPS) is 25.5. The smallest absolute Gasteiger partial charge is 0.495 e. The molecular weight excluding hydrogens is 1050 g/mol. The molecule has 0 spiro atoms. The molecule has 0 radical (unpaired) electrons. The minimum absolute atomic E-state index is 0.0233. The minimum Gasteiger partial charge on any atom is -0.495 e. The van der Waals surface area contributed by atoms with Crippen LogP contribution in [-0.4, -0.2) is 169 Å². The number of halogens is 4. The van der Waals surface area contributed by atoms with Crippen LogP contribution in [0.4, 0.5) is 23.7 Å². The number of quaternary nitrogens is 1. The van der Waals surface area contributed by atoms with E-state index in [0.717, 1.165) is 46.2 Å². The molecule has 4 heterocycles. The van der Waals surface area contributed by atoms with Crippen LogP contribution in [0.1, 0.15) is 110 Å². The van der Waals surface area contributed by atoms with Crippen LogP contribution in [0.5, 0.6) is 5.75 Å². The number of allylic oxidation sites excluding steroid dienone is 3. The maximum atomic E-state index is 14.6. The maximum Gasteiger partial charge on any atom is 0.516 e. The SMILES string of the molecule is CC[C@H](CC(=O)N(C)c1cc(C/C(C)=C/C=C/CC2C[C@@H]([C@@H](C)C3CO3)OC(=O)[N+]2(C)C)cc(OC)c1Cl)OC(=O)[C@H](C)N(C)C(CCSC1CC(=O)N(CC2CCC(C(=O)ON3C(=O)CCC3=O)CC2)C1=O)C(F)(F)F. The van der Waals surface area contributed by atoms with E-state index < -0.39 is 83.4 Å². The minimum atomic E-state index is -4.78. The van der Waals surface area contributed by atoms with E-state index in [-0.39, 0.29) is 90.1 Å². The van der Waals surface area contributed by atoms with Crippen molar-refractivity contribution in [1.29, 1.82) is 0 Å². The number of esters is 1. The Labute approximate surface area is 457 Å². The molecule has 77 heavy (non-hydrogen) atoms. The number of imide groups is 2. The number of alkyl halides is 3. The second-order valence-electron chi connectivity index (χ2n) is 21.5. The van der Waals surface area contributed by atoms with Crippen molar-refractivity contribution in [2.45, 2.75) is 159 Å². The molecule has 1 aromatic rings. The van der Waals surface area contributed by atoms with Crippen LogP contribution >= 0.6 is 23.4 Å². The quantitative estimate of drug-likeness (QED) is 0.0320. The van der Waals surface area contributed by atoms with Gasteiger partial charge in [0.2, 0.25) is 17.7 Å². The molecule has 0 bridgehead atoms. The van der Waals surface area contributed by atoms with Gasteiger partial charge in [0.1, 0.15) is 41.1 Å². The third-order valence-corrected chi connectivity index (χ3v) is 17.4. The first-order valence-corrected chi connectivity index (χ1v) is 27.8. The summed E-state index contributed by atoms with van der Waals surface area (Å²) in [5.41, 5.74) is 2.12. The van der Waals surface area contributed by atoms with Gasteiger partial charge in [-0.2, -0.15) is 18.0 Å². The molecule has 6 rings (SSSR count). The highest BCUT2D eigenvalue weighted by atomic mass is 35.5. The van der Waals surface area contributed by atoms with E-state index in [9.17, 15) is 51.5 Å². The number of thioether (sulfide) groups is 1. The zero-order valence-corrected chi connectivity index (χ0v) is 47.0. The van der Waals surface area contributed by atoms with Gasteiger partial charge in [-0.05, 0) is 95.2 Å². The van der Waals surface area contributed by atoms with Crippen molar-refractivity contribution < 1.29 is 79.8 Å². The van der Waals surface area contributed by atoms with Crippen molar-refractivity contribution in [3.05, 3.63) is 46.5 Å². The van der Waals surface area contributed by atoms with Crippen molar-refractivity contribution in [3.63, 3.8) is 0 Å². The number of hydroxylamine groups is 2. The molecule has 1 aromatic carbocycles. The predicted molar refractivity (Wildman–Crippen MR) is 279 cm³/mol. The molecule has 5 fully saturated rings. The topological polar surface area (TPSA) is 199 Å². The largest absolute Gasteiger partial charge is 0.516 e. The maximum absolute atomic E-state index is 14.6. The van der Waals surface area contributed by atoms with E-state index >= 15 is 0 Å². The van der Waals surface area contributed by atoms with Gasteiger partial charge in [0.25, 0.3) is 11.8 Å². The highest BCUT2D eigenvalue weighted by Gasteiger charge is 2.50. The van der Waals surface area contributed by atoms with Gasteiger partial charge in [0, 0.05) is 51.6 Å². The van der Waals surface area contributed by atoms with Gasteiger partial charge in [-0.25, -0.2) is 9.28 Å². The van der Waals surface area contributed by atoms with Crippen molar-refractivity contribution >= 4 is 76.6 Å². The number of benzene rings is 1. The van der Waals surface area contributed by atoms with Crippen molar-refractivity contribution in [2.75, 3.05) is 59.1 Å². The number of hydrogen-bond donors (Lipinski definition) is 0. The molecule has 4 unspecified atom stereocenters. The number of cyclic esters (lactones) is 1. The monoisotopic (exact) mass is 1120 g/mol. The standard InChI is InChI=1S/C54H74ClF3N5O13S/c1-10-38(27-47(66)60(6)39-24-35(25-41(72-9)49(39)55)23-31(2)13-11-12-14-37-26-40(32(3)42-30-73-42)75-53(71)63(37,7)8)74-51(69)33(4)59(5)44(54(56,57)58)21-22-77-43-28-48(67)61(50(43)68)29-34-15-17-36(18-16-34)52(70)76-62-45(64)19-20-46(62)65/h11-13,24-25,32-34,36-38,40,42-44H,10,14-23,26-30H2,1-9H3/q+1/b12-11+,31-13+/t32-,33+,34?,36?,37?,38-,40+,42?,43?,44?/m1/s1. The van der Waals surface area contributed by atoms with E-state index in [0.29, 0.717) is 61.6 Å². The molecule has 5 aliphatic rings. The second kappa shape index (κ2) is 26.3. The molecular formula is C54H74ClF3N5O13S+. The molecule has 4 aliphatic heterocycles. The molecule has 1 saturated carbocycles. The van der Waals surface area contributed by atoms with Gasteiger partial charge in [0.05, 0.1) is 57.2 Å². The molecule has 18 nitrogen and oxygen atoms in total. The Hall–Kier alpha value is -5.03. The summed E-state index contributed by atoms with van der Waals surface area (Å²) in [6.07, 6.45) is 2.58. The number of ether oxygens (including phenoxy) is 4. The fourth-order valence-corrected chi connectivity index (χ4v) is 11.7. The van der Waals surface area contributed by atoms with Crippen LogP contribution in [0.15, 0.2) is 35.9 Å². The van der Waals surface area contributed by atoms with Crippen molar-refractivity contribution in [1.82, 2.24) is 14.9 Å². The number of amides is 6. The number of anilines is 1. The van der Waals surface area contributed by atoms with E-state index in [2.05, 4.69) is 6.92 Å². The molecule has 426 valence electrons. The molecule has 0 N–H and O–H groups in total. The van der Waals surface area contributed by atoms with Crippen LogP contribution < -0.4 is 9.64 Å². The van der Waals surface area contributed by atoms with E-state index in [1.807, 2.05) is 39.2 Å². The van der Waals surface area contributed by atoms with E-state index in [4.69, 9.17) is 35.4 Å². The summed E-state index contributed by atoms with van der Waals surface area (Å²) in [6, 6.07) is 0.0722. The summed E-state index contributed by atoms with van der Waals surface area (Å²) in [5.74, 6) is -4.59. The first-order valence-electron chi connectivity index (χ1n) is 26.4. The molecule has 0 aromatic heterocycles. The predicted octanol–water partition coefficient (Wildman–Crippen LogP) is 7.76. The molecule has 4 saturated heterocycles. The molecule has 8 atom stereocenters. The van der Waals surface area contributed by atoms with Crippen LogP contribution in [-0.2, 0) is 59.0 Å². The summed E-state index contributed by atoms with van der Waals surface area (Å²) in [6.45, 7) is 7.78. The Morgan fingerprint density at radius 1 is 1.00 bits per heavy atom. The summed E-state index contributed by atoms with van der Waals surface area (Å²) in [7, 11) is 7.86. The average molecular weight is 1130 g/mol. The van der Waals surface area contributed by atoms with Gasteiger partial charge in [-0.1, -0.05) is 49.2 Å². The summed E-state index contributed by atoms with van der Waals surface area (Å²) >= 11 is 7.70. The Morgan fingerprint density at radius 3 is 2.27 bits per heavy atom. The Morgan fingerprint density at radius 2 is 1.66 bits per heavy atom. The number of likely N-dealkylation sites (N-methyl/N-ethyl adjacent to an activating group) is 1. The van der Waals surface area contributed by atoms with Gasteiger partial charge >= 0.3 is 24.2 Å². The van der Waals surface area contributed by atoms with Gasteiger partial charge < -0.3 is 28.7 Å². The summed E-state index contributed by atoms with van der Waals surface area (Å²) in [4.78, 5) is 111. The molecule has 23 heteroatoms. The number of methoxy groups -OCH3 is 1. The van der Waals surface area contributed by atoms with Crippen LogP contribution in [0.25, 0.3) is 0 Å². The highest BCUT2D eigenvalue weighted by Crippen LogP contribution is 2.39. The Kier molecular flexibility index (Phi) is 20.9. The molecule has 1 aliphatic carbocycles. The first kappa shape index (κ1) is 61.2. The number of epoxide rings is 1. The van der Waals surface area contributed by atoms with Crippen LogP contribution in [0, 0.1) is 17.8 Å². The lowest BCUT2D eigenvalue weighted by molar-refractivity contribution is -0.851. The van der Waals surface area contributed by atoms with Crippen molar-refractivity contribution in [2.24, 2.45) is 17.8 Å². The van der Waals surface area contributed by atoms with Gasteiger partial charge in [-0.15, -0.1) is 16.8 Å². The highest BCUT2D eigenvalue weighted by molar-refractivity contribution is 8.00. The lowest BCUT2D eigenvalue weighted by atomic mass is 9.82. The molecule has 6 amide bonds. The zero-order valence-electron chi connectivity index (χ0n) is 45.4. The van der Waals surface area contributed by atoms with E-state index in [1.165, 1.54) is 26.0 Å². The van der Waals surface area contributed by atoms with Crippen LogP contribution in [0.2, 0.25) is 5.02 Å². The van der Waals surface area contributed by atoms with Gasteiger partial charge in [-0.3, -0.25) is 38.6 Å². The van der Waals surface area contributed by atoms with E-state index in [1.54, 1.807) is 19.1 Å². The number of nitrogens with zero attached hydrogens (tertiary/aromatic N) is 5. The zero-order chi connectivity index (χ0) is 56.7. The van der Waals surface area contributed by atoms with Gasteiger partial charge in [0.15, 0.2) is 0 Å². The number of likely N-dealkylation sites (tertiary alicyclic amines) is 1. The number of rotatable bonds is 24. The third-order valence-electron chi connectivity index (χ3n) is 15.8. The number of hydrogen-bond acceptors (Lipinski definition) is 15. The van der Waals surface area contributed by atoms with Crippen molar-refractivity contribution in [3.8, 4) is 5.75 Å². The summed E-state index contributed by atoms with van der Waals surface area (Å²) < 4.78 is 66.5. The fourth-order valence-electron chi connectivity index (χ4n) is 10.2. The first-order chi connectivity index (χ1) is 36.2. The second-order valence-corrected chi connectivity index (χ2v) is 23.2. The lowest BCUT2D eigenvalue weighted by Gasteiger charge is -2.42.